The zero-order valence-electron chi connectivity index (χ0n) is 12.8. The topological polar surface area (TPSA) is 97.6 Å². The van der Waals surface area contributed by atoms with E-state index in [1.165, 1.54) is 24.3 Å². The monoisotopic (exact) mass is 386 g/mol. The number of carbonyl (C=O) groups is 1. The molecule has 132 valence electrons. The van der Waals surface area contributed by atoms with Crippen molar-refractivity contribution in [2.75, 3.05) is 4.31 Å². The van der Waals surface area contributed by atoms with Gasteiger partial charge in [0.2, 0.25) is 5.24 Å². The minimum absolute atomic E-state index is 0.442. The summed E-state index contributed by atoms with van der Waals surface area (Å²) in [5.74, 6) is -0.922. The number of benzene rings is 2. The normalized spacial score (nSPS) is 12.4. The molecule has 2 aromatic carbocycles. The number of hydrogen-bond donors (Lipinski definition) is 0. The molecule has 2 aromatic rings. The lowest BCUT2D eigenvalue weighted by Crippen LogP contribution is -2.42. The molecule has 0 heterocycles. The standard InChI is InChI=1S/C15H12ClFN2O5S/c1-10(15(16)20)18(12-7-3-2-6-11(12)17)25(23,24)14-9-5-4-8-13(14)19(21)22/h2-10H,1H3. The largest absolute Gasteiger partial charge is 0.289 e. The third-order valence-corrected chi connectivity index (χ3v) is 5.62. The van der Waals surface area contributed by atoms with E-state index in [2.05, 4.69) is 0 Å². The maximum Gasteiger partial charge on any atom is 0.289 e. The molecule has 1 unspecified atom stereocenters. The summed E-state index contributed by atoms with van der Waals surface area (Å²) in [6, 6.07) is 7.94. The Balaban J connectivity index is 2.76. The average molecular weight is 387 g/mol. The third-order valence-electron chi connectivity index (χ3n) is 3.37. The predicted molar refractivity (Wildman–Crippen MR) is 89.5 cm³/mol. The van der Waals surface area contributed by atoms with Gasteiger partial charge in [0.15, 0.2) is 4.90 Å². The number of hydrogen-bond acceptors (Lipinski definition) is 5. The van der Waals surface area contributed by atoms with Crippen LogP contribution in [0, 0.1) is 15.9 Å². The third kappa shape index (κ3) is 3.62. The van der Waals surface area contributed by atoms with E-state index in [4.69, 9.17) is 11.6 Å². The summed E-state index contributed by atoms with van der Waals surface area (Å²) in [5.41, 5.74) is -1.14. The number of anilines is 1. The van der Waals surface area contributed by atoms with Crippen molar-refractivity contribution in [1.82, 2.24) is 0 Å². The van der Waals surface area contributed by atoms with Crippen LogP contribution in [0.5, 0.6) is 0 Å². The highest BCUT2D eigenvalue weighted by atomic mass is 35.5. The maximum absolute atomic E-state index is 14.2. The van der Waals surface area contributed by atoms with Gasteiger partial charge < -0.3 is 0 Å². The van der Waals surface area contributed by atoms with E-state index in [1.807, 2.05) is 0 Å². The van der Waals surface area contributed by atoms with Gasteiger partial charge in [-0.3, -0.25) is 19.2 Å². The highest BCUT2D eigenvalue weighted by Crippen LogP contribution is 2.33. The maximum atomic E-state index is 14.2. The average Bonchev–Trinajstić information content (AvgIpc) is 2.56. The SMILES string of the molecule is CC(C(=O)Cl)N(c1ccccc1F)S(=O)(=O)c1ccccc1[N+](=O)[O-]. The molecule has 1 atom stereocenters. The molecule has 0 saturated heterocycles. The Bertz CT molecular complexity index is 935. The molecule has 0 aromatic heterocycles. The van der Waals surface area contributed by atoms with E-state index in [-0.39, 0.29) is 0 Å². The minimum atomic E-state index is -4.65. The quantitative estimate of drug-likeness (QED) is 0.431. The summed E-state index contributed by atoms with van der Waals surface area (Å²) < 4.78 is 40.6. The fraction of sp³-hybridized carbons (Fsp3) is 0.133. The Morgan fingerprint density at radius 2 is 1.76 bits per heavy atom. The van der Waals surface area contributed by atoms with E-state index in [0.29, 0.717) is 4.31 Å². The highest BCUT2D eigenvalue weighted by Gasteiger charge is 2.37. The van der Waals surface area contributed by atoms with Gasteiger partial charge >= 0.3 is 0 Å². The van der Waals surface area contributed by atoms with Crippen molar-refractivity contribution in [1.29, 1.82) is 0 Å². The van der Waals surface area contributed by atoms with Gasteiger partial charge in [0.1, 0.15) is 11.9 Å². The zero-order chi connectivity index (χ0) is 18.8. The summed E-state index contributed by atoms with van der Waals surface area (Å²) in [6.45, 7) is 1.16. The van der Waals surface area contributed by atoms with Crippen LogP contribution in [0.4, 0.5) is 15.8 Å². The molecular formula is C15H12ClFN2O5S. The Labute approximate surface area is 147 Å². The van der Waals surface area contributed by atoms with Crippen LogP contribution in [0.25, 0.3) is 0 Å². The number of nitrogens with zero attached hydrogens (tertiary/aromatic N) is 2. The second-order valence-corrected chi connectivity index (χ2v) is 7.11. The van der Waals surface area contributed by atoms with Gasteiger partial charge in [-0.25, -0.2) is 12.8 Å². The molecule has 0 amide bonds. The predicted octanol–water partition coefficient (Wildman–Crippen LogP) is 3.08. The molecule has 0 N–H and O–H groups in total. The van der Waals surface area contributed by atoms with Crippen molar-refractivity contribution < 1.29 is 22.5 Å². The van der Waals surface area contributed by atoms with Gasteiger partial charge in [-0.15, -0.1) is 0 Å². The zero-order valence-corrected chi connectivity index (χ0v) is 14.4. The van der Waals surface area contributed by atoms with Gasteiger partial charge in [-0.2, -0.15) is 0 Å². The first kappa shape index (κ1) is 18.8. The van der Waals surface area contributed by atoms with Crippen molar-refractivity contribution >= 4 is 38.2 Å². The Hall–Kier alpha value is -2.52. The Morgan fingerprint density at radius 3 is 2.32 bits per heavy atom. The molecule has 0 radical (unpaired) electrons. The Kier molecular flexibility index (Phi) is 5.39. The van der Waals surface area contributed by atoms with Crippen LogP contribution in [0.3, 0.4) is 0 Å². The number of halogens is 2. The first-order chi connectivity index (χ1) is 11.7. The van der Waals surface area contributed by atoms with Gasteiger partial charge in [-0.1, -0.05) is 24.3 Å². The molecule has 0 aliphatic carbocycles. The molecule has 10 heteroatoms. The van der Waals surface area contributed by atoms with Crippen molar-refractivity contribution in [3.63, 3.8) is 0 Å². The van der Waals surface area contributed by atoms with Crippen LogP contribution in [0.1, 0.15) is 6.92 Å². The van der Waals surface area contributed by atoms with Crippen LogP contribution in [-0.2, 0) is 14.8 Å². The lowest BCUT2D eigenvalue weighted by atomic mass is 10.2. The highest BCUT2D eigenvalue weighted by molar-refractivity contribution is 7.93. The number of sulfonamides is 1. The summed E-state index contributed by atoms with van der Waals surface area (Å²) in [4.78, 5) is 21.2. The van der Waals surface area contributed by atoms with Crippen molar-refractivity contribution in [2.24, 2.45) is 0 Å². The first-order valence-corrected chi connectivity index (χ1v) is 8.71. The van der Waals surface area contributed by atoms with Gasteiger partial charge in [-0.05, 0) is 36.7 Å². The van der Waals surface area contributed by atoms with Crippen LogP contribution in [0.15, 0.2) is 53.4 Å². The van der Waals surface area contributed by atoms with Crippen molar-refractivity contribution in [2.45, 2.75) is 17.9 Å². The number of para-hydroxylation sites is 2. The molecule has 2 rings (SSSR count). The van der Waals surface area contributed by atoms with Gasteiger partial charge in [0, 0.05) is 6.07 Å². The number of nitro groups is 1. The minimum Gasteiger partial charge on any atom is -0.279 e. The first-order valence-electron chi connectivity index (χ1n) is 6.89. The number of nitro benzene ring substituents is 1. The fourth-order valence-corrected chi connectivity index (χ4v) is 4.14. The molecular weight excluding hydrogens is 375 g/mol. The molecule has 0 aliphatic heterocycles. The lowest BCUT2D eigenvalue weighted by Gasteiger charge is -2.28. The van der Waals surface area contributed by atoms with E-state index in [9.17, 15) is 27.7 Å². The van der Waals surface area contributed by atoms with E-state index in [0.717, 1.165) is 31.2 Å². The molecule has 0 spiro atoms. The number of carbonyl (C=O) groups excluding carboxylic acids is 1. The fourth-order valence-electron chi connectivity index (χ4n) is 2.20. The van der Waals surface area contributed by atoms with Crippen molar-refractivity contribution in [3.8, 4) is 0 Å². The molecule has 0 aliphatic rings. The van der Waals surface area contributed by atoms with Crippen LogP contribution in [0.2, 0.25) is 0 Å². The Morgan fingerprint density at radius 1 is 1.20 bits per heavy atom. The molecule has 7 nitrogen and oxygen atoms in total. The molecule has 0 saturated carbocycles. The van der Waals surface area contributed by atoms with E-state index < -0.39 is 48.3 Å². The van der Waals surface area contributed by atoms with Gasteiger partial charge in [0.05, 0.1) is 10.6 Å². The summed E-state index contributed by atoms with van der Waals surface area (Å²) in [5, 5.41) is 10.1. The van der Waals surface area contributed by atoms with Crippen LogP contribution < -0.4 is 4.31 Å². The summed E-state index contributed by atoms with van der Waals surface area (Å²) in [6.07, 6.45) is 0. The number of rotatable bonds is 6. The van der Waals surface area contributed by atoms with E-state index >= 15 is 0 Å². The smallest absolute Gasteiger partial charge is 0.279 e. The second kappa shape index (κ2) is 7.16. The molecule has 25 heavy (non-hydrogen) atoms. The van der Waals surface area contributed by atoms with Gasteiger partial charge in [0.25, 0.3) is 15.7 Å². The lowest BCUT2D eigenvalue weighted by molar-refractivity contribution is -0.387. The van der Waals surface area contributed by atoms with E-state index in [1.54, 1.807) is 0 Å². The summed E-state index contributed by atoms with van der Waals surface area (Å²) >= 11 is 5.42. The van der Waals surface area contributed by atoms with Crippen molar-refractivity contribution in [3.05, 3.63) is 64.5 Å². The second-order valence-electron chi connectivity index (χ2n) is 4.96. The molecule has 0 fully saturated rings. The molecule has 0 bridgehead atoms. The van der Waals surface area contributed by atoms with Crippen LogP contribution >= 0.6 is 11.6 Å². The summed E-state index contributed by atoms with van der Waals surface area (Å²) in [7, 11) is -4.65. The van der Waals surface area contributed by atoms with Crippen LogP contribution in [-0.4, -0.2) is 24.6 Å².